The molecule has 132 valence electrons. The highest BCUT2D eigenvalue weighted by molar-refractivity contribution is 5.72. The maximum absolute atomic E-state index is 11.1. The van der Waals surface area contributed by atoms with E-state index in [1.165, 1.54) is 0 Å². The molecule has 5 nitrogen and oxygen atoms in total. The number of benzene rings is 2. The van der Waals surface area contributed by atoms with Gasteiger partial charge in [-0.1, -0.05) is 42.5 Å². The number of carboxylic acid groups (broad SMARTS) is 1. The van der Waals surface area contributed by atoms with Crippen LogP contribution in [0.4, 0.5) is 0 Å². The summed E-state index contributed by atoms with van der Waals surface area (Å²) in [5.41, 5.74) is 2.27. The number of ether oxygens (including phenoxy) is 2. The van der Waals surface area contributed by atoms with Gasteiger partial charge in [-0.25, -0.2) is 4.79 Å². The summed E-state index contributed by atoms with van der Waals surface area (Å²) in [6, 6.07) is 18.2. The van der Waals surface area contributed by atoms with Crippen LogP contribution < -0.4 is 4.74 Å². The Morgan fingerprint density at radius 1 is 1.24 bits per heavy atom. The van der Waals surface area contributed by atoms with Gasteiger partial charge < -0.3 is 14.6 Å². The zero-order chi connectivity index (χ0) is 17.6. The maximum atomic E-state index is 11.1. The lowest BCUT2D eigenvalue weighted by Crippen LogP contribution is -2.46. The summed E-state index contributed by atoms with van der Waals surface area (Å²) < 4.78 is 11.1. The fraction of sp³-hybridized carbons (Fsp3) is 0.350. The quantitative estimate of drug-likeness (QED) is 0.875. The third kappa shape index (κ3) is 4.59. The van der Waals surface area contributed by atoms with Gasteiger partial charge in [0.2, 0.25) is 0 Å². The van der Waals surface area contributed by atoms with E-state index in [-0.39, 0.29) is 6.04 Å². The van der Waals surface area contributed by atoms with E-state index in [0.717, 1.165) is 23.4 Å². The molecule has 0 aromatic heterocycles. The van der Waals surface area contributed by atoms with Crippen LogP contribution in [0.3, 0.4) is 0 Å². The lowest BCUT2D eigenvalue weighted by Gasteiger charge is -2.35. The Labute approximate surface area is 147 Å². The van der Waals surface area contributed by atoms with Gasteiger partial charge >= 0.3 is 5.97 Å². The number of hydrogen-bond acceptors (Lipinski definition) is 4. The molecule has 0 radical (unpaired) electrons. The standard InChI is InChI=1S/C20H23NO4/c1-15(21-11-12-24-19(13-21)20(22)23)17-7-9-18(10-8-17)25-14-16-5-3-2-4-6-16/h2-10,15,19H,11-14H2,1H3,(H,22,23). The van der Waals surface area contributed by atoms with Crippen LogP contribution >= 0.6 is 0 Å². The van der Waals surface area contributed by atoms with Crippen LogP contribution in [-0.2, 0) is 16.1 Å². The van der Waals surface area contributed by atoms with Gasteiger partial charge in [-0.2, -0.15) is 0 Å². The van der Waals surface area contributed by atoms with Crippen molar-refractivity contribution in [3.05, 3.63) is 65.7 Å². The van der Waals surface area contributed by atoms with E-state index >= 15 is 0 Å². The predicted molar refractivity (Wildman–Crippen MR) is 94.6 cm³/mol. The van der Waals surface area contributed by atoms with Gasteiger partial charge in [0, 0.05) is 19.1 Å². The Kier molecular flexibility index (Phi) is 5.68. The van der Waals surface area contributed by atoms with Crippen molar-refractivity contribution < 1.29 is 19.4 Å². The van der Waals surface area contributed by atoms with Crippen LogP contribution in [0.15, 0.2) is 54.6 Å². The van der Waals surface area contributed by atoms with E-state index in [4.69, 9.17) is 14.6 Å². The molecule has 5 heteroatoms. The Hall–Kier alpha value is -2.37. The predicted octanol–water partition coefficient (Wildman–Crippen LogP) is 3.11. The smallest absolute Gasteiger partial charge is 0.334 e. The molecule has 2 unspecified atom stereocenters. The molecule has 1 saturated heterocycles. The molecule has 2 atom stereocenters. The van der Waals surface area contributed by atoms with Gasteiger partial charge in [0.1, 0.15) is 12.4 Å². The number of hydrogen-bond donors (Lipinski definition) is 1. The number of aliphatic carboxylic acids is 1. The number of morpholine rings is 1. The Morgan fingerprint density at radius 3 is 2.64 bits per heavy atom. The van der Waals surface area contributed by atoms with Crippen molar-refractivity contribution in [1.82, 2.24) is 4.90 Å². The van der Waals surface area contributed by atoms with Crippen molar-refractivity contribution in [3.8, 4) is 5.75 Å². The SMILES string of the molecule is CC(c1ccc(OCc2ccccc2)cc1)N1CCOC(C(=O)O)C1. The molecule has 1 N–H and O–H groups in total. The van der Waals surface area contributed by atoms with Gasteiger partial charge in [-0.3, -0.25) is 4.90 Å². The summed E-state index contributed by atoms with van der Waals surface area (Å²) in [5.74, 6) is -0.0771. The second-order valence-electron chi connectivity index (χ2n) is 6.21. The van der Waals surface area contributed by atoms with Crippen molar-refractivity contribution in [1.29, 1.82) is 0 Å². The van der Waals surface area contributed by atoms with Crippen molar-refractivity contribution in [2.24, 2.45) is 0 Å². The minimum absolute atomic E-state index is 0.133. The van der Waals surface area contributed by atoms with Crippen LogP contribution in [0.25, 0.3) is 0 Å². The van der Waals surface area contributed by atoms with Crippen molar-refractivity contribution in [3.63, 3.8) is 0 Å². The monoisotopic (exact) mass is 341 g/mol. The first kappa shape index (κ1) is 17.5. The highest BCUT2D eigenvalue weighted by Gasteiger charge is 2.29. The number of carboxylic acids is 1. The van der Waals surface area contributed by atoms with E-state index in [2.05, 4.69) is 11.8 Å². The summed E-state index contributed by atoms with van der Waals surface area (Å²) in [4.78, 5) is 13.3. The lowest BCUT2D eigenvalue weighted by molar-refractivity contribution is -0.157. The molecule has 0 aliphatic carbocycles. The molecule has 1 aliphatic rings. The second-order valence-corrected chi connectivity index (χ2v) is 6.21. The summed E-state index contributed by atoms with van der Waals surface area (Å²) >= 11 is 0. The van der Waals surface area contributed by atoms with E-state index < -0.39 is 12.1 Å². The first-order valence-corrected chi connectivity index (χ1v) is 8.48. The molecule has 3 rings (SSSR count). The lowest BCUT2D eigenvalue weighted by atomic mass is 10.1. The van der Waals surface area contributed by atoms with Gasteiger partial charge in [0.05, 0.1) is 6.61 Å². The Balaban J connectivity index is 1.58. The Morgan fingerprint density at radius 2 is 1.96 bits per heavy atom. The molecule has 0 spiro atoms. The zero-order valence-corrected chi connectivity index (χ0v) is 14.3. The third-order valence-corrected chi connectivity index (χ3v) is 4.53. The fourth-order valence-electron chi connectivity index (χ4n) is 2.96. The highest BCUT2D eigenvalue weighted by atomic mass is 16.5. The van der Waals surface area contributed by atoms with Gasteiger partial charge in [-0.05, 0) is 30.2 Å². The molecule has 2 aromatic carbocycles. The zero-order valence-electron chi connectivity index (χ0n) is 14.3. The van der Waals surface area contributed by atoms with Gasteiger partial charge in [0.25, 0.3) is 0 Å². The van der Waals surface area contributed by atoms with Gasteiger partial charge in [0.15, 0.2) is 6.10 Å². The van der Waals surface area contributed by atoms with Crippen LogP contribution in [0, 0.1) is 0 Å². The molecule has 2 aromatic rings. The van der Waals surface area contributed by atoms with E-state index in [1.54, 1.807) is 0 Å². The molecule has 0 saturated carbocycles. The summed E-state index contributed by atoms with van der Waals surface area (Å²) in [5, 5.41) is 9.13. The van der Waals surface area contributed by atoms with E-state index in [9.17, 15) is 4.79 Å². The number of rotatable bonds is 6. The third-order valence-electron chi connectivity index (χ3n) is 4.53. The molecule has 1 heterocycles. The van der Waals surface area contributed by atoms with E-state index in [1.807, 2.05) is 54.6 Å². The fourth-order valence-corrected chi connectivity index (χ4v) is 2.96. The molecule has 1 aliphatic heterocycles. The summed E-state index contributed by atoms with van der Waals surface area (Å²) in [6.45, 7) is 4.21. The minimum atomic E-state index is -0.901. The molecular formula is C20H23NO4. The second kappa shape index (κ2) is 8.14. The molecular weight excluding hydrogens is 318 g/mol. The van der Waals surface area contributed by atoms with Crippen LogP contribution in [-0.4, -0.2) is 41.8 Å². The maximum Gasteiger partial charge on any atom is 0.334 e. The molecule has 25 heavy (non-hydrogen) atoms. The van der Waals surface area contributed by atoms with E-state index in [0.29, 0.717) is 19.8 Å². The van der Waals surface area contributed by atoms with Crippen LogP contribution in [0.2, 0.25) is 0 Å². The van der Waals surface area contributed by atoms with Crippen molar-refractivity contribution >= 4 is 5.97 Å². The number of carbonyl (C=O) groups is 1. The average molecular weight is 341 g/mol. The summed E-state index contributed by atoms with van der Waals surface area (Å²) in [6.07, 6.45) is -0.746. The minimum Gasteiger partial charge on any atom is -0.489 e. The molecule has 1 fully saturated rings. The molecule has 0 amide bonds. The highest BCUT2D eigenvalue weighted by Crippen LogP contribution is 2.25. The van der Waals surface area contributed by atoms with Crippen molar-refractivity contribution in [2.45, 2.75) is 25.7 Å². The first-order chi connectivity index (χ1) is 12.1. The largest absolute Gasteiger partial charge is 0.489 e. The summed E-state index contributed by atoms with van der Waals surface area (Å²) in [7, 11) is 0. The van der Waals surface area contributed by atoms with Crippen LogP contribution in [0.1, 0.15) is 24.1 Å². The van der Waals surface area contributed by atoms with Crippen molar-refractivity contribution in [2.75, 3.05) is 19.7 Å². The van der Waals surface area contributed by atoms with Gasteiger partial charge in [-0.15, -0.1) is 0 Å². The number of nitrogens with zero attached hydrogens (tertiary/aromatic N) is 1. The normalized spacial score (nSPS) is 19.3. The average Bonchev–Trinajstić information content (AvgIpc) is 2.67. The topological polar surface area (TPSA) is 59.0 Å². The Bertz CT molecular complexity index is 687. The van der Waals surface area contributed by atoms with Crippen LogP contribution in [0.5, 0.6) is 5.75 Å². The first-order valence-electron chi connectivity index (χ1n) is 8.48. The molecule has 0 bridgehead atoms.